The lowest BCUT2D eigenvalue weighted by Crippen LogP contribution is -2.26. The van der Waals surface area contributed by atoms with Crippen LogP contribution in [-0.2, 0) is 0 Å². The number of fused-ring (bicyclic) bond motifs is 1. The van der Waals surface area contributed by atoms with Crippen molar-refractivity contribution in [1.82, 2.24) is 14.6 Å². The zero-order valence-electron chi connectivity index (χ0n) is 18.1. The molecule has 3 nitrogen and oxygen atoms in total. The van der Waals surface area contributed by atoms with Gasteiger partial charge in [-0.1, -0.05) is 80.1 Å². The Hall–Kier alpha value is -3.40. The van der Waals surface area contributed by atoms with Crippen LogP contribution in [0.1, 0.15) is 31.4 Å². The van der Waals surface area contributed by atoms with Crippen LogP contribution in [0.25, 0.3) is 28.4 Å². The third-order valence-electron chi connectivity index (χ3n) is 5.14. The van der Waals surface area contributed by atoms with Crippen molar-refractivity contribution in [3.8, 4) is 11.1 Å². The van der Waals surface area contributed by atoms with E-state index in [1.807, 2.05) is 16.9 Å². The van der Waals surface area contributed by atoms with Crippen molar-refractivity contribution >= 4 is 25.1 Å². The molecule has 2 aromatic carbocycles. The van der Waals surface area contributed by atoms with Crippen LogP contribution in [0, 0.1) is 6.92 Å². The van der Waals surface area contributed by atoms with Gasteiger partial charge in [-0.05, 0) is 34.9 Å². The van der Waals surface area contributed by atoms with Gasteiger partial charge in [-0.2, -0.15) is 5.10 Å². The van der Waals surface area contributed by atoms with E-state index in [9.17, 15) is 0 Å². The summed E-state index contributed by atoms with van der Waals surface area (Å²) < 4.78 is 1.88. The second-order valence-corrected chi connectivity index (χ2v) is 7.87. The SMILES string of the molecule is B/C(C)=C/C(c1cnn2cc(-c3ccc(C)cc3)cnc12)=c1/cccc/c1=C\CC. The van der Waals surface area contributed by atoms with Crippen molar-refractivity contribution in [3.05, 3.63) is 100 Å². The summed E-state index contributed by atoms with van der Waals surface area (Å²) in [4.78, 5) is 4.81. The molecule has 4 heteroatoms. The molecule has 2 aromatic heterocycles. The number of hydrogen-bond acceptors (Lipinski definition) is 2. The molecule has 0 radical (unpaired) electrons. The highest BCUT2D eigenvalue weighted by Crippen LogP contribution is 2.23. The molecule has 0 bridgehead atoms. The number of rotatable bonds is 4. The number of allylic oxidation sites excluding steroid dienone is 2. The first-order valence-corrected chi connectivity index (χ1v) is 10.4. The van der Waals surface area contributed by atoms with Crippen LogP contribution >= 0.6 is 0 Å². The van der Waals surface area contributed by atoms with Gasteiger partial charge in [-0.15, -0.1) is 5.47 Å². The van der Waals surface area contributed by atoms with E-state index in [1.165, 1.54) is 21.5 Å². The molecule has 0 unspecified atom stereocenters. The summed E-state index contributed by atoms with van der Waals surface area (Å²) in [5.41, 5.74) is 7.75. The van der Waals surface area contributed by atoms with Gasteiger partial charge in [0.25, 0.3) is 0 Å². The predicted molar refractivity (Wildman–Crippen MR) is 128 cm³/mol. The average molecular weight is 391 g/mol. The maximum atomic E-state index is 4.81. The summed E-state index contributed by atoms with van der Waals surface area (Å²) in [6.07, 6.45) is 11.4. The highest BCUT2D eigenvalue weighted by molar-refractivity contribution is 6.22. The van der Waals surface area contributed by atoms with Crippen molar-refractivity contribution in [1.29, 1.82) is 0 Å². The van der Waals surface area contributed by atoms with E-state index < -0.39 is 0 Å². The molecule has 0 fully saturated rings. The second-order valence-electron chi connectivity index (χ2n) is 7.87. The zero-order valence-corrected chi connectivity index (χ0v) is 18.1. The van der Waals surface area contributed by atoms with Crippen LogP contribution in [-0.4, -0.2) is 22.4 Å². The number of aryl methyl sites for hydroxylation is 1. The molecular weight excluding hydrogens is 365 g/mol. The quantitative estimate of drug-likeness (QED) is 0.498. The molecule has 0 aliphatic rings. The van der Waals surface area contributed by atoms with E-state index in [0.29, 0.717) is 0 Å². The summed E-state index contributed by atoms with van der Waals surface area (Å²) in [5, 5.41) is 7.09. The van der Waals surface area contributed by atoms with Crippen LogP contribution in [0.4, 0.5) is 0 Å². The first-order valence-electron chi connectivity index (χ1n) is 10.4. The van der Waals surface area contributed by atoms with Crippen molar-refractivity contribution in [3.63, 3.8) is 0 Å². The lowest BCUT2D eigenvalue weighted by Gasteiger charge is -2.06. The molecule has 0 aliphatic heterocycles. The van der Waals surface area contributed by atoms with Gasteiger partial charge in [0.1, 0.15) is 7.85 Å². The molecular formula is C26H26BN3. The summed E-state index contributed by atoms with van der Waals surface area (Å²) in [6.45, 7) is 6.39. The standard InChI is InChI=1S/C26H26BN3/c1-4-7-21-8-5-6-9-23(21)24(14-19(3)27)25-16-29-30-17-22(15-28-26(25)30)20-12-10-18(2)11-13-20/h5-17H,4,27H2,1-3H3/b19-14+,21-7+,24-23+. The van der Waals surface area contributed by atoms with Crippen LogP contribution in [0.15, 0.2) is 78.7 Å². The third kappa shape index (κ3) is 3.99. The average Bonchev–Trinajstić information content (AvgIpc) is 3.16. The van der Waals surface area contributed by atoms with Gasteiger partial charge >= 0.3 is 0 Å². The fourth-order valence-electron chi connectivity index (χ4n) is 3.69. The largest absolute Gasteiger partial charge is 0.236 e. The fraction of sp³-hybridized carbons (Fsp3) is 0.154. The Morgan fingerprint density at radius 1 is 1.03 bits per heavy atom. The summed E-state index contributed by atoms with van der Waals surface area (Å²) >= 11 is 0. The van der Waals surface area contributed by atoms with E-state index >= 15 is 0 Å². The molecule has 4 aromatic rings. The summed E-state index contributed by atoms with van der Waals surface area (Å²) in [7, 11) is 2.13. The second kappa shape index (κ2) is 8.54. The molecule has 0 amide bonds. The molecule has 2 heterocycles. The van der Waals surface area contributed by atoms with Gasteiger partial charge in [0, 0.05) is 23.5 Å². The predicted octanol–water partition coefficient (Wildman–Crippen LogP) is 3.63. The minimum Gasteiger partial charge on any atom is -0.236 e. The lowest BCUT2D eigenvalue weighted by molar-refractivity contribution is 0.941. The van der Waals surface area contributed by atoms with Crippen LogP contribution in [0.2, 0.25) is 0 Å². The zero-order chi connectivity index (χ0) is 21.1. The third-order valence-corrected chi connectivity index (χ3v) is 5.14. The molecule has 0 atom stereocenters. The molecule has 0 aliphatic carbocycles. The molecule has 148 valence electrons. The number of aromatic nitrogens is 3. The molecule has 0 N–H and O–H groups in total. The minimum absolute atomic E-state index is 0.865. The minimum atomic E-state index is 0.865. The van der Waals surface area contributed by atoms with Crippen molar-refractivity contribution in [2.75, 3.05) is 0 Å². The van der Waals surface area contributed by atoms with E-state index in [0.717, 1.165) is 34.3 Å². The Morgan fingerprint density at radius 3 is 2.53 bits per heavy atom. The molecule has 0 spiro atoms. The first-order chi connectivity index (χ1) is 14.6. The van der Waals surface area contributed by atoms with E-state index in [-0.39, 0.29) is 0 Å². The van der Waals surface area contributed by atoms with Crippen molar-refractivity contribution < 1.29 is 0 Å². The van der Waals surface area contributed by atoms with Gasteiger partial charge in [0.05, 0.1) is 6.20 Å². The van der Waals surface area contributed by atoms with E-state index in [1.54, 1.807) is 0 Å². The van der Waals surface area contributed by atoms with Crippen molar-refractivity contribution in [2.45, 2.75) is 27.2 Å². The number of nitrogens with zero attached hydrogens (tertiary/aromatic N) is 3. The van der Waals surface area contributed by atoms with Gasteiger partial charge in [0.2, 0.25) is 0 Å². The van der Waals surface area contributed by atoms with Crippen LogP contribution < -0.4 is 10.4 Å². The normalized spacial score (nSPS) is 13.7. The van der Waals surface area contributed by atoms with Crippen LogP contribution in [0.5, 0.6) is 0 Å². The highest BCUT2D eigenvalue weighted by Gasteiger charge is 2.11. The summed E-state index contributed by atoms with van der Waals surface area (Å²) in [6, 6.07) is 17.0. The first kappa shape index (κ1) is 19.9. The molecule has 30 heavy (non-hydrogen) atoms. The summed E-state index contributed by atoms with van der Waals surface area (Å²) in [5.74, 6) is 0. The maximum Gasteiger partial charge on any atom is 0.162 e. The van der Waals surface area contributed by atoms with Gasteiger partial charge in [0.15, 0.2) is 5.65 Å². The van der Waals surface area contributed by atoms with E-state index in [2.05, 4.69) is 101 Å². The Bertz CT molecular complexity index is 1340. The lowest BCUT2D eigenvalue weighted by atomic mass is 9.92. The Labute approximate surface area is 178 Å². The number of benzene rings is 2. The molecule has 4 rings (SSSR count). The van der Waals surface area contributed by atoms with Gasteiger partial charge in [-0.25, -0.2) is 9.50 Å². The smallest absolute Gasteiger partial charge is 0.162 e. The van der Waals surface area contributed by atoms with E-state index in [4.69, 9.17) is 4.98 Å². The van der Waals surface area contributed by atoms with Gasteiger partial charge in [-0.3, -0.25) is 0 Å². The Kier molecular flexibility index (Phi) is 5.67. The van der Waals surface area contributed by atoms with Gasteiger partial charge < -0.3 is 0 Å². The fourth-order valence-corrected chi connectivity index (χ4v) is 3.69. The monoisotopic (exact) mass is 391 g/mol. The number of hydrogen-bond donors (Lipinski definition) is 0. The molecule has 0 saturated carbocycles. The topological polar surface area (TPSA) is 30.2 Å². The highest BCUT2D eigenvalue weighted by atomic mass is 15.2. The molecule has 0 saturated heterocycles. The Balaban J connectivity index is 1.95. The Morgan fingerprint density at radius 2 is 1.80 bits per heavy atom. The maximum absolute atomic E-state index is 4.81. The van der Waals surface area contributed by atoms with Crippen LogP contribution in [0.3, 0.4) is 0 Å². The van der Waals surface area contributed by atoms with Crippen molar-refractivity contribution in [2.24, 2.45) is 0 Å².